The number of benzene rings is 1. The molecular formula is C39H53ClN2O4. The van der Waals surface area contributed by atoms with Crippen LogP contribution in [0, 0.1) is 56.7 Å². The van der Waals surface area contributed by atoms with E-state index in [0.717, 1.165) is 50.5 Å². The summed E-state index contributed by atoms with van der Waals surface area (Å²) in [5.74, 6) is 2.76. The number of aliphatic hydroxyl groups is 1. The van der Waals surface area contributed by atoms with Gasteiger partial charge in [0.15, 0.2) is 6.61 Å². The lowest BCUT2D eigenvalue weighted by atomic mass is 9.33. The summed E-state index contributed by atoms with van der Waals surface area (Å²) in [5, 5.41) is 20.0. The molecule has 4 saturated carbocycles. The van der Waals surface area contributed by atoms with Crippen LogP contribution in [0.3, 0.4) is 0 Å². The van der Waals surface area contributed by atoms with Crippen molar-refractivity contribution in [3.8, 4) is 11.5 Å². The fourth-order valence-electron chi connectivity index (χ4n) is 12.2. The molecule has 1 N–H and O–H groups in total. The minimum absolute atomic E-state index is 0.0255. The van der Waals surface area contributed by atoms with Gasteiger partial charge in [-0.1, -0.05) is 77.8 Å². The van der Waals surface area contributed by atoms with Crippen molar-refractivity contribution in [1.29, 1.82) is 0 Å². The van der Waals surface area contributed by atoms with Crippen molar-refractivity contribution in [1.82, 2.24) is 10.2 Å². The number of carbonyl (C=O) groups excluding carboxylic acids is 1. The summed E-state index contributed by atoms with van der Waals surface area (Å²) in [6.07, 6.45) is 11.6. The summed E-state index contributed by atoms with van der Waals surface area (Å²) in [6, 6.07) is 7.30. The van der Waals surface area contributed by atoms with Crippen LogP contribution in [0.25, 0.3) is 11.5 Å². The molecule has 250 valence electrons. The lowest BCUT2D eigenvalue weighted by Crippen LogP contribution is -2.65. The minimum Gasteiger partial charge on any atom is -0.455 e. The summed E-state index contributed by atoms with van der Waals surface area (Å²) in [7, 11) is 0. The van der Waals surface area contributed by atoms with Gasteiger partial charge < -0.3 is 14.3 Å². The summed E-state index contributed by atoms with van der Waals surface area (Å²) < 4.78 is 12.0. The van der Waals surface area contributed by atoms with Crippen LogP contribution in [-0.2, 0) is 16.1 Å². The molecule has 7 heteroatoms. The average Bonchev–Trinajstić information content (AvgIpc) is 3.49. The van der Waals surface area contributed by atoms with Crippen molar-refractivity contribution in [2.45, 2.75) is 119 Å². The Bertz CT molecular complexity index is 1550. The minimum atomic E-state index is -0.533. The summed E-state index contributed by atoms with van der Waals surface area (Å²) in [4.78, 5) is 14.4. The van der Waals surface area contributed by atoms with Gasteiger partial charge in [-0.25, -0.2) is 0 Å². The zero-order chi connectivity index (χ0) is 32.9. The number of carbonyl (C=O) groups is 1. The highest BCUT2D eigenvalue weighted by atomic mass is 35.5. The third kappa shape index (κ3) is 4.47. The van der Waals surface area contributed by atoms with E-state index in [1.807, 2.05) is 12.1 Å². The largest absolute Gasteiger partial charge is 0.455 e. The third-order valence-corrected chi connectivity index (χ3v) is 15.5. The Morgan fingerprint density at radius 3 is 2.54 bits per heavy atom. The van der Waals surface area contributed by atoms with Crippen LogP contribution in [-0.4, -0.2) is 27.4 Å². The molecule has 7 rings (SSSR count). The van der Waals surface area contributed by atoms with Gasteiger partial charge in [-0.2, -0.15) is 0 Å². The number of rotatable bonds is 4. The van der Waals surface area contributed by atoms with Crippen molar-refractivity contribution in [2.24, 2.45) is 56.7 Å². The van der Waals surface area contributed by atoms with Crippen molar-refractivity contribution >= 4 is 17.6 Å². The smallest absolute Gasteiger partial charge is 0.313 e. The molecule has 2 aromatic rings. The number of nitrogens with zero attached hydrogens (tertiary/aromatic N) is 2. The van der Waals surface area contributed by atoms with E-state index in [2.05, 4.69) is 64.7 Å². The zero-order valence-electron chi connectivity index (χ0n) is 28.9. The van der Waals surface area contributed by atoms with Gasteiger partial charge in [-0.15, -0.1) is 10.2 Å². The van der Waals surface area contributed by atoms with Gasteiger partial charge in [0, 0.05) is 10.6 Å². The van der Waals surface area contributed by atoms with Gasteiger partial charge in [0.25, 0.3) is 5.89 Å². The molecule has 1 aromatic carbocycles. The number of allylic oxidation sites excluding steroid dienone is 2. The number of halogens is 1. The Labute approximate surface area is 280 Å². The Hall–Kier alpha value is -2.18. The molecule has 0 radical (unpaired) electrons. The van der Waals surface area contributed by atoms with Crippen LogP contribution >= 0.6 is 11.6 Å². The monoisotopic (exact) mass is 648 g/mol. The molecule has 1 heterocycles. The molecule has 0 aliphatic heterocycles. The lowest BCUT2D eigenvalue weighted by molar-refractivity contribution is -0.207. The summed E-state index contributed by atoms with van der Waals surface area (Å²) in [6.45, 7) is 17.1. The summed E-state index contributed by atoms with van der Waals surface area (Å²) >= 11 is 6.16. The maximum atomic E-state index is 14.4. The van der Waals surface area contributed by atoms with E-state index in [4.69, 9.17) is 20.8 Å². The van der Waals surface area contributed by atoms with Crippen LogP contribution in [0.15, 0.2) is 40.3 Å². The molecule has 46 heavy (non-hydrogen) atoms. The molecule has 0 saturated heterocycles. The van der Waals surface area contributed by atoms with Crippen molar-refractivity contribution < 1.29 is 19.1 Å². The lowest BCUT2D eigenvalue weighted by Gasteiger charge is -2.71. The van der Waals surface area contributed by atoms with E-state index < -0.39 is 5.41 Å². The molecule has 0 bridgehead atoms. The molecule has 6 nitrogen and oxygen atoms in total. The first-order chi connectivity index (χ1) is 21.7. The van der Waals surface area contributed by atoms with Crippen LogP contribution < -0.4 is 0 Å². The molecular weight excluding hydrogens is 596 g/mol. The number of hydrogen-bond donors (Lipinski definition) is 1. The first-order valence-electron chi connectivity index (χ1n) is 17.8. The molecule has 10 atom stereocenters. The fourth-order valence-corrected chi connectivity index (χ4v) is 12.3. The highest BCUT2D eigenvalue weighted by Gasteiger charge is 2.69. The molecule has 0 unspecified atom stereocenters. The Morgan fingerprint density at radius 1 is 1.00 bits per heavy atom. The molecule has 1 aromatic heterocycles. The Kier molecular flexibility index (Phi) is 7.68. The average molecular weight is 649 g/mol. The SMILES string of the molecule is C[C@H]1[C@H](C)CC[C@]2(C(=O)OCc3nnc(-c4cccc(Cl)c4)o3)CC[C@]3(C)C(=CC[C@@H]4[C@@]5(C)CC[C@H](O)C(C)(C)[C@@H]5CC[C@]43C)[C@H]12. The van der Waals surface area contributed by atoms with Crippen molar-refractivity contribution in [2.75, 3.05) is 0 Å². The fraction of sp³-hybridized carbons (Fsp3) is 0.718. The number of hydrogen-bond acceptors (Lipinski definition) is 6. The van der Waals surface area contributed by atoms with E-state index in [0.29, 0.717) is 40.5 Å². The second-order valence-corrected chi connectivity index (χ2v) is 17.7. The molecule has 0 spiro atoms. The standard InChI is InChI=1S/C39H53ClN2O4/c1-23-13-18-39(34(44)45-22-31-41-42-33(46-31)25-9-8-10-26(40)21-25)20-19-37(6)27(32(39)24(23)2)11-12-29-36(5)16-15-30(43)35(3,4)28(36)14-17-38(29,37)7/h8-11,21,23-24,28-30,32,43H,12-20,22H2,1-7H3/t23-,24+,28+,29-,30+,32+,36+,37-,38-,39+/m1/s1. The number of fused-ring (bicyclic) bond motifs is 7. The van der Waals surface area contributed by atoms with Gasteiger partial charge in [0.2, 0.25) is 5.89 Å². The maximum Gasteiger partial charge on any atom is 0.313 e. The van der Waals surface area contributed by atoms with Crippen LogP contribution in [0.2, 0.25) is 5.02 Å². The normalized spacial score (nSPS) is 42.9. The third-order valence-electron chi connectivity index (χ3n) is 15.2. The van der Waals surface area contributed by atoms with Crippen LogP contribution in [0.5, 0.6) is 0 Å². The van der Waals surface area contributed by atoms with E-state index in [9.17, 15) is 9.90 Å². The predicted octanol–water partition coefficient (Wildman–Crippen LogP) is 9.45. The van der Waals surface area contributed by atoms with Crippen molar-refractivity contribution in [3.63, 3.8) is 0 Å². The van der Waals surface area contributed by atoms with Gasteiger partial charge in [0.1, 0.15) is 0 Å². The summed E-state index contributed by atoms with van der Waals surface area (Å²) in [5.41, 5.74) is 2.06. The molecule has 4 fully saturated rings. The van der Waals surface area contributed by atoms with E-state index in [1.165, 1.54) is 18.4 Å². The van der Waals surface area contributed by atoms with Gasteiger partial charge >= 0.3 is 5.97 Å². The van der Waals surface area contributed by atoms with E-state index in [-0.39, 0.29) is 46.3 Å². The Balaban J connectivity index is 1.19. The molecule has 0 amide bonds. The zero-order valence-corrected chi connectivity index (χ0v) is 29.6. The number of aliphatic hydroxyl groups excluding tert-OH is 1. The predicted molar refractivity (Wildman–Crippen MR) is 180 cm³/mol. The first kappa shape index (κ1) is 32.4. The quantitative estimate of drug-likeness (QED) is 0.263. The van der Waals surface area contributed by atoms with Crippen LogP contribution in [0.1, 0.15) is 112 Å². The van der Waals surface area contributed by atoms with Crippen molar-refractivity contribution in [3.05, 3.63) is 46.8 Å². The van der Waals surface area contributed by atoms with E-state index >= 15 is 0 Å². The second-order valence-electron chi connectivity index (χ2n) is 17.3. The van der Waals surface area contributed by atoms with E-state index in [1.54, 1.807) is 12.1 Å². The highest BCUT2D eigenvalue weighted by molar-refractivity contribution is 6.30. The number of ether oxygens (including phenoxy) is 1. The molecule has 5 aliphatic rings. The number of aromatic nitrogens is 2. The maximum absolute atomic E-state index is 14.4. The van der Waals surface area contributed by atoms with Crippen LogP contribution in [0.4, 0.5) is 0 Å². The highest BCUT2D eigenvalue weighted by Crippen LogP contribution is 2.75. The first-order valence-corrected chi connectivity index (χ1v) is 18.2. The topological polar surface area (TPSA) is 85.5 Å². The van der Waals surface area contributed by atoms with Gasteiger partial charge in [-0.3, -0.25) is 4.79 Å². The Morgan fingerprint density at radius 2 is 1.78 bits per heavy atom. The molecule has 5 aliphatic carbocycles. The second kappa shape index (κ2) is 10.9. The van der Waals surface area contributed by atoms with Gasteiger partial charge in [0.05, 0.1) is 11.5 Å². The van der Waals surface area contributed by atoms with Gasteiger partial charge in [-0.05, 0) is 127 Å². The number of esters is 1.